The number of anilines is 1. The number of fused-ring (bicyclic) bond motifs is 1. The first-order valence-corrected chi connectivity index (χ1v) is 10.3. The first kappa shape index (κ1) is 18.1. The van der Waals surface area contributed by atoms with E-state index < -0.39 is 0 Å². The number of hydrogen-bond acceptors (Lipinski definition) is 5. The highest BCUT2D eigenvalue weighted by Gasteiger charge is 2.30. The van der Waals surface area contributed by atoms with Gasteiger partial charge >= 0.3 is 0 Å². The molecule has 0 bridgehead atoms. The minimum Gasteiger partial charge on any atom is -0.469 e. The van der Waals surface area contributed by atoms with Gasteiger partial charge in [-0.3, -0.25) is 4.79 Å². The van der Waals surface area contributed by atoms with Gasteiger partial charge in [-0.2, -0.15) is 0 Å². The van der Waals surface area contributed by atoms with E-state index in [1.807, 2.05) is 12.1 Å². The summed E-state index contributed by atoms with van der Waals surface area (Å²) in [5.41, 5.74) is 2.90. The largest absolute Gasteiger partial charge is 0.469 e. The van der Waals surface area contributed by atoms with Gasteiger partial charge in [0.1, 0.15) is 12.3 Å². The quantitative estimate of drug-likeness (QED) is 0.738. The van der Waals surface area contributed by atoms with Gasteiger partial charge in [-0.25, -0.2) is 9.97 Å². The molecule has 1 atom stereocenters. The van der Waals surface area contributed by atoms with Crippen LogP contribution in [0.2, 0.25) is 0 Å². The van der Waals surface area contributed by atoms with E-state index in [2.05, 4.69) is 40.2 Å². The third kappa shape index (κ3) is 3.80. The maximum atomic E-state index is 12.6. The molecule has 1 aromatic carbocycles. The number of Topliss-reactive ketones (excluding diaryl/α,β-unsaturated/α-hetero) is 1. The molecule has 0 amide bonds. The molecule has 0 unspecified atom stereocenters. The van der Waals surface area contributed by atoms with Crippen molar-refractivity contribution in [3.8, 4) is 0 Å². The van der Waals surface area contributed by atoms with Crippen molar-refractivity contribution >= 4 is 11.7 Å². The van der Waals surface area contributed by atoms with E-state index in [9.17, 15) is 4.79 Å². The molecule has 1 saturated heterocycles. The van der Waals surface area contributed by atoms with E-state index in [1.54, 1.807) is 17.4 Å². The van der Waals surface area contributed by atoms with Crippen LogP contribution in [0.1, 0.15) is 39.7 Å². The first-order valence-electron chi connectivity index (χ1n) is 10.3. The minimum absolute atomic E-state index is 0.0694. The Morgan fingerprint density at radius 3 is 2.66 bits per heavy atom. The smallest absolute Gasteiger partial charge is 0.225 e. The van der Waals surface area contributed by atoms with E-state index in [-0.39, 0.29) is 11.7 Å². The second kappa shape index (κ2) is 7.79. The lowest BCUT2D eigenvalue weighted by molar-refractivity contribution is -0.914. The molecular weight excluding hydrogens is 364 g/mol. The van der Waals surface area contributed by atoms with E-state index in [0.717, 1.165) is 56.5 Å². The molecule has 148 valence electrons. The van der Waals surface area contributed by atoms with Gasteiger partial charge in [-0.15, -0.1) is 0 Å². The Labute approximate surface area is 170 Å². The van der Waals surface area contributed by atoms with Crippen LogP contribution < -0.4 is 9.80 Å². The number of rotatable bonds is 4. The molecule has 1 aliphatic heterocycles. The van der Waals surface area contributed by atoms with Crippen molar-refractivity contribution in [1.82, 2.24) is 9.97 Å². The van der Waals surface area contributed by atoms with Crippen LogP contribution in [0.3, 0.4) is 0 Å². The number of hydrogen-bond donors (Lipinski definition) is 1. The molecule has 5 rings (SSSR count). The second-order valence-corrected chi connectivity index (χ2v) is 7.97. The summed E-state index contributed by atoms with van der Waals surface area (Å²) >= 11 is 0. The van der Waals surface area contributed by atoms with Gasteiger partial charge in [0.25, 0.3) is 0 Å². The van der Waals surface area contributed by atoms with E-state index in [4.69, 9.17) is 9.40 Å². The Bertz CT molecular complexity index is 979. The molecule has 2 aliphatic rings. The summed E-state index contributed by atoms with van der Waals surface area (Å²) in [6.07, 6.45) is 4.58. The number of furan rings is 1. The highest BCUT2D eigenvalue weighted by atomic mass is 16.3. The highest BCUT2D eigenvalue weighted by molar-refractivity contribution is 5.98. The van der Waals surface area contributed by atoms with E-state index in [1.165, 1.54) is 5.56 Å². The number of benzene rings is 1. The number of nitrogens with zero attached hydrogens (tertiary/aromatic N) is 3. The first-order chi connectivity index (χ1) is 14.3. The Balaban J connectivity index is 1.27. The van der Waals surface area contributed by atoms with Gasteiger partial charge < -0.3 is 14.2 Å². The number of piperazine rings is 1. The number of aromatic nitrogens is 2. The summed E-state index contributed by atoms with van der Waals surface area (Å²) in [7, 11) is 0. The molecule has 0 spiro atoms. The summed E-state index contributed by atoms with van der Waals surface area (Å²) in [6.45, 7) is 5.03. The van der Waals surface area contributed by atoms with E-state index >= 15 is 0 Å². The van der Waals surface area contributed by atoms with Crippen molar-refractivity contribution in [2.45, 2.75) is 25.3 Å². The number of quaternary nitrogens is 1. The Kier molecular flexibility index (Phi) is 4.86. The van der Waals surface area contributed by atoms with Gasteiger partial charge in [0.2, 0.25) is 5.95 Å². The standard InChI is InChI=1S/C23H24N4O2/c28-21-14-18(22-7-4-12-29-22)13-20-19(21)15-24-23(25-20)27-10-8-26(9-11-27)16-17-5-2-1-3-6-17/h1-7,12,15,18H,8-11,13-14,16H2/p+1/t18-/m1/s1. The molecule has 1 aliphatic carbocycles. The van der Waals surface area contributed by atoms with Crippen LogP contribution in [0.4, 0.5) is 5.95 Å². The van der Waals surface area contributed by atoms with Crippen LogP contribution in [0, 0.1) is 0 Å². The summed E-state index contributed by atoms with van der Waals surface area (Å²) in [4.78, 5) is 25.7. The molecule has 3 heterocycles. The average Bonchev–Trinajstić information content (AvgIpc) is 3.30. The van der Waals surface area contributed by atoms with Crippen LogP contribution in [0.25, 0.3) is 0 Å². The summed E-state index contributed by atoms with van der Waals surface area (Å²) in [5, 5.41) is 0. The lowest BCUT2D eigenvalue weighted by Gasteiger charge is -2.32. The third-order valence-electron chi connectivity index (χ3n) is 6.02. The molecule has 2 aromatic heterocycles. The third-order valence-corrected chi connectivity index (χ3v) is 6.02. The number of carbonyl (C=O) groups excluding carboxylic acids is 1. The molecule has 6 heteroatoms. The van der Waals surface area contributed by atoms with Crippen LogP contribution in [0.15, 0.2) is 59.3 Å². The van der Waals surface area contributed by atoms with Crippen LogP contribution >= 0.6 is 0 Å². The predicted molar refractivity (Wildman–Crippen MR) is 109 cm³/mol. The summed E-state index contributed by atoms with van der Waals surface area (Å²) in [5.74, 6) is 1.79. The van der Waals surface area contributed by atoms with Crippen molar-refractivity contribution in [1.29, 1.82) is 0 Å². The lowest BCUT2D eigenvalue weighted by Crippen LogP contribution is -3.13. The minimum atomic E-state index is 0.0694. The second-order valence-electron chi connectivity index (χ2n) is 7.97. The van der Waals surface area contributed by atoms with Crippen LogP contribution in [-0.4, -0.2) is 41.9 Å². The van der Waals surface area contributed by atoms with Gasteiger partial charge in [-0.05, 0) is 12.1 Å². The summed E-state index contributed by atoms with van der Waals surface area (Å²) in [6, 6.07) is 14.5. The predicted octanol–water partition coefficient (Wildman–Crippen LogP) is 1.89. The van der Waals surface area contributed by atoms with Crippen molar-refractivity contribution in [2.24, 2.45) is 0 Å². The van der Waals surface area contributed by atoms with E-state index in [0.29, 0.717) is 12.0 Å². The van der Waals surface area contributed by atoms with Crippen molar-refractivity contribution in [3.05, 3.63) is 77.5 Å². The zero-order valence-electron chi connectivity index (χ0n) is 16.4. The fraction of sp³-hybridized carbons (Fsp3) is 0.348. The van der Waals surface area contributed by atoms with Crippen LogP contribution in [0.5, 0.6) is 0 Å². The molecule has 3 aromatic rings. The van der Waals surface area contributed by atoms with Gasteiger partial charge in [0, 0.05) is 30.5 Å². The maximum absolute atomic E-state index is 12.6. The molecule has 29 heavy (non-hydrogen) atoms. The molecule has 0 saturated carbocycles. The molecule has 1 N–H and O–H groups in total. The van der Waals surface area contributed by atoms with Gasteiger partial charge in [0.15, 0.2) is 5.78 Å². The Morgan fingerprint density at radius 2 is 1.90 bits per heavy atom. The molecule has 6 nitrogen and oxygen atoms in total. The van der Waals surface area contributed by atoms with Crippen molar-refractivity contribution < 1.29 is 14.1 Å². The monoisotopic (exact) mass is 389 g/mol. The summed E-state index contributed by atoms with van der Waals surface area (Å²) < 4.78 is 5.53. The zero-order chi connectivity index (χ0) is 19.6. The maximum Gasteiger partial charge on any atom is 0.225 e. The Morgan fingerprint density at radius 1 is 1.07 bits per heavy atom. The number of ketones is 1. The lowest BCUT2D eigenvalue weighted by atomic mass is 9.85. The fourth-order valence-corrected chi connectivity index (χ4v) is 4.40. The molecule has 1 fully saturated rings. The van der Waals surface area contributed by atoms with Gasteiger partial charge in [0.05, 0.1) is 43.7 Å². The zero-order valence-corrected chi connectivity index (χ0v) is 16.4. The Hall–Kier alpha value is -2.99. The van der Waals surface area contributed by atoms with Crippen molar-refractivity contribution in [3.63, 3.8) is 0 Å². The molecule has 0 radical (unpaired) electrons. The average molecular weight is 389 g/mol. The van der Waals surface area contributed by atoms with Crippen molar-refractivity contribution in [2.75, 3.05) is 31.1 Å². The molecular formula is C23H25N4O2+. The highest BCUT2D eigenvalue weighted by Crippen LogP contribution is 2.32. The number of nitrogens with one attached hydrogen (secondary N) is 1. The SMILES string of the molecule is O=C1C[C@H](c2ccco2)Cc2nc(N3CC[NH+](Cc4ccccc4)CC3)ncc21. The van der Waals surface area contributed by atoms with Gasteiger partial charge in [-0.1, -0.05) is 30.3 Å². The fourth-order valence-electron chi connectivity index (χ4n) is 4.40. The van der Waals surface area contributed by atoms with Crippen LogP contribution in [-0.2, 0) is 13.0 Å². The number of carbonyl (C=O) groups is 1. The topological polar surface area (TPSA) is 63.7 Å². The normalized spacial score (nSPS) is 19.9.